The van der Waals surface area contributed by atoms with Gasteiger partial charge in [-0.3, -0.25) is 9.89 Å². The van der Waals surface area contributed by atoms with E-state index in [4.69, 9.17) is 0 Å². The van der Waals surface area contributed by atoms with Crippen LogP contribution in [0.25, 0.3) is 0 Å². The molecule has 0 aliphatic carbocycles. The smallest absolute Gasteiger partial charge is 0.293 e. The monoisotopic (exact) mass is 281 g/mol. The summed E-state index contributed by atoms with van der Waals surface area (Å²) in [5, 5.41) is 6.70. The van der Waals surface area contributed by atoms with Crippen molar-refractivity contribution in [2.45, 2.75) is 34.6 Å². The second-order valence-corrected chi connectivity index (χ2v) is 5.42. The second kappa shape index (κ2) is 7.99. The summed E-state index contributed by atoms with van der Waals surface area (Å²) in [6.07, 6.45) is 0. The van der Waals surface area contributed by atoms with Crippen molar-refractivity contribution >= 4 is 5.91 Å². The largest absolute Gasteiger partial charge is 0.334 e. The van der Waals surface area contributed by atoms with E-state index in [-0.39, 0.29) is 11.7 Å². The van der Waals surface area contributed by atoms with Gasteiger partial charge in [-0.15, -0.1) is 5.10 Å². The van der Waals surface area contributed by atoms with Gasteiger partial charge in [0.25, 0.3) is 5.91 Å². The lowest BCUT2D eigenvalue weighted by atomic mass is 10.2. The average Bonchev–Trinajstić information content (AvgIpc) is 2.84. The molecule has 114 valence electrons. The Labute approximate surface area is 121 Å². The van der Waals surface area contributed by atoms with E-state index in [9.17, 15) is 4.79 Å². The first-order valence-electron chi connectivity index (χ1n) is 7.38. The Morgan fingerprint density at radius 1 is 1.25 bits per heavy atom. The van der Waals surface area contributed by atoms with Gasteiger partial charge < -0.3 is 9.80 Å². The molecule has 0 fully saturated rings. The number of carbonyl (C=O) groups is 1. The van der Waals surface area contributed by atoms with Crippen LogP contribution in [-0.4, -0.2) is 63.6 Å². The van der Waals surface area contributed by atoms with Crippen molar-refractivity contribution in [1.29, 1.82) is 0 Å². The number of aromatic amines is 1. The summed E-state index contributed by atoms with van der Waals surface area (Å²) in [7, 11) is 0. The molecule has 0 spiro atoms. The van der Waals surface area contributed by atoms with Crippen molar-refractivity contribution < 1.29 is 4.79 Å². The highest BCUT2D eigenvalue weighted by Crippen LogP contribution is 2.05. The summed E-state index contributed by atoms with van der Waals surface area (Å²) in [6, 6.07) is 0. The molecule has 1 amide bonds. The molecule has 0 aromatic carbocycles. The topological polar surface area (TPSA) is 65.1 Å². The summed E-state index contributed by atoms with van der Waals surface area (Å²) < 4.78 is 0. The van der Waals surface area contributed by atoms with Crippen LogP contribution in [0.2, 0.25) is 0 Å². The first kappa shape index (κ1) is 16.6. The molecule has 0 atom stereocenters. The van der Waals surface area contributed by atoms with Gasteiger partial charge in [-0.2, -0.15) is 0 Å². The predicted octanol–water partition coefficient (Wildman–Crippen LogP) is 1.55. The number of aryl methyl sites for hydroxylation is 1. The van der Waals surface area contributed by atoms with Gasteiger partial charge in [-0.25, -0.2) is 4.98 Å². The molecule has 0 saturated carbocycles. The number of hydrogen-bond acceptors (Lipinski definition) is 4. The maximum Gasteiger partial charge on any atom is 0.293 e. The second-order valence-electron chi connectivity index (χ2n) is 5.42. The predicted molar refractivity (Wildman–Crippen MR) is 79.6 cm³/mol. The van der Waals surface area contributed by atoms with E-state index >= 15 is 0 Å². The van der Waals surface area contributed by atoms with Gasteiger partial charge >= 0.3 is 0 Å². The first-order valence-corrected chi connectivity index (χ1v) is 7.38. The molecule has 0 aliphatic rings. The van der Waals surface area contributed by atoms with Gasteiger partial charge in [0.05, 0.1) is 0 Å². The Bertz CT molecular complexity index is 411. The van der Waals surface area contributed by atoms with Crippen LogP contribution in [0.1, 0.15) is 44.1 Å². The molecule has 6 nitrogen and oxygen atoms in total. The minimum atomic E-state index is -0.0878. The van der Waals surface area contributed by atoms with E-state index in [1.54, 1.807) is 6.92 Å². The van der Waals surface area contributed by atoms with Gasteiger partial charge in [-0.1, -0.05) is 27.7 Å². The quantitative estimate of drug-likeness (QED) is 0.785. The molecule has 1 aromatic heterocycles. The molecule has 0 radical (unpaired) electrons. The highest BCUT2D eigenvalue weighted by atomic mass is 16.2. The number of H-pyrrole nitrogens is 1. The SMILES string of the molecule is CCN(CC)CCN(CC(C)C)C(=O)c1n[nH]c(C)n1. The Kier molecular flexibility index (Phi) is 6.64. The van der Waals surface area contributed by atoms with Crippen molar-refractivity contribution in [2.24, 2.45) is 5.92 Å². The fraction of sp³-hybridized carbons (Fsp3) is 0.786. The Hall–Kier alpha value is -1.43. The fourth-order valence-electron chi connectivity index (χ4n) is 2.10. The van der Waals surface area contributed by atoms with Crippen LogP contribution in [0.5, 0.6) is 0 Å². The molecule has 0 bridgehead atoms. The minimum Gasteiger partial charge on any atom is -0.334 e. The van der Waals surface area contributed by atoms with Gasteiger partial charge in [0.2, 0.25) is 5.82 Å². The molecular weight excluding hydrogens is 254 g/mol. The molecular formula is C14H27N5O. The molecule has 0 aliphatic heterocycles. The molecule has 1 heterocycles. The number of rotatable bonds is 8. The zero-order valence-electron chi connectivity index (χ0n) is 13.3. The molecule has 1 N–H and O–H groups in total. The van der Waals surface area contributed by atoms with Crippen LogP contribution in [0, 0.1) is 12.8 Å². The molecule has 1 aromatic rings. The van der Waals surface area contributed by atoms with Crippen LogP contribution in [0.15, 0.2) is 0 Å². The highest BCUT2D eigenvalue weighted by molar-refractivity contribution is 5.90. The Balaban J connectivity index is 2.70. The number of likely N-dealkylation sites (N-methyl/N-ethyl adjacent to an activating group) is 1. The van der Waals surface area contributed by atoms with Crippen LogP contribution in [0.3, 0.4) is 0 Å². The lowest BCUT2D eigenvalue weighted by Gasteiger charge is -2.27. The number of hydrogen-bond donors (Lipinski definition) is 1. The minimum absolute atomic E-state index is 0.0878. The summed E-state index contributed by atoms with van der Waals surface area (Å²) in [4.78, 5) is 20.7. The fourth-order valence-corrected chi connectivity index (χ4v) is 2.10. The summed E-state index contributed by atoms with van der Waals surface area (Å²) in [5.41, 5.74) is 0. The van der Waals surface area contributed by atoms with E-state index < -0.39 is 0 Å². The van der Waals surface area contributed by atoms with E-state index in [1.807, 2.05) is 4.90 Å². The van der Waals surface area contributed by atoms with E-state index in [1.165, 1.54) is 0 Å². The maximum absolute atomic E-state index is 12.4. The van der Waals surface area contributed by atoms with E-state index in [0.29, 0.717) is 18.3 Å². The third-order valence-corrected chi connectivity index (χ3v) is 3.24. The number of nitrogens with one attached hydrogen (secondary N) is 1. The third-order valence-electron chi connectivity index (χ3n) is 3.24. The van der Waals surface area contributed by atoms with Crippen LogP contribution in [-0.2, 0) is 0 Å². The first-order chi connectivity index (χ1) is 9.47. The zero-order chi connectivity index (χ0) is 15.1. The number of nitrogens with zero attached hydrogens (tertiary/aromatic N) is 4. The van der Waals surface area contributed by atoms with Gasteiger partial charge in [0.1, 0.15) is 5.82 Å². The molecule has 0 unspecified atom stereocenters. The van der Waals surface area contributed by atoms with Gasteiger partial charge in [0, 0.05) is 19.6 Å². The van der Waals surface area contributed by atoms with Crippen molar-refractivity contribution in [3.05, 3.63) is 11.6 Å². The normalized spacial score (nSPS) is 11.3. The number of aromatic nitrogens is 3. The van der Waals surface area contributed by atoms with Crippen molar-refractivity contribution in [2.75, 3.05) is 32.7 Å². The van der Waals surface area contributed by atoms with Crippen LogP contribution < -0.4 is 0 Å². The third kappa shape index (κ3) is 4.92. The number of carbonyl (C=O) groups excluding carboxylic acids is 1. The van der Waals surface area contributed by atoms with Crippen molar-refractivity contribution in [3.8, 4) is 0 Å². The van der Waals surface area contributed by atoms with E-state index in [2.05, 4.69) is 47.8 Å². The maximum atomic E-state index is 12.4. The average molecular weight is 281 g/mol. The van der Waals surface area contributed by atoms with Gasteiger partial charge in [-0.05, 0) is 25.9 Å². The molecule has 20 heavy (non-hydrogen) atoms. The van der Waals surface area contributed by atoms with Crippen LogP contribution in [0.4, 0.5) is 0 Å². The summed E-state index contributed by atoms with van der Waals surface area (Å²) in [5.74, 6) is 1.27. The van der Waals surface area contributed by atoms with Crippen LogP contribution >= 0.6 is 0 Å². The number of amides is 1. The van der Waals surface area contributed by atoms with E-state index in [0.717, 1.165) is 26.2 Å². The van der Waals surface area contributed by atoms with Gasteiger partial charge in [0.15, 0.2) is 0 Å². The standard InChI is InChI=1S/C14H27N5O/c1-6-18(7-2)8-9-19(10-11(3)4)14(20)13-15-12(5)16-17-13/h11H,6-10H2,1-5H3,(H,15,16,17). The lowest BCUT2D eigenvalue weighted by Crippen LogP contribution is -2.41. The Morgan fingerprint density at radius 3 is 2.35 bits per heavy atom. The summed E-state index contributed by atoms with van der Waals surface area (Å²) >= 11 is 0. The van der Waals surface area contributed by atoms with Crippen molar-refractivity contribution in [1.82, 2.24) is 25.0 Å². The summed E-state index contributed by atoms with van der Waals surface area (Å²) in [6.45, 7) is 14.6. The molecule has 1 rings (SSSR count). The Morgan fingerprint density at radius 2 is 1.90 bits per heavy atom. The van der Waals surface area contributed by atoms with Crippen molar-refractivity contribution in [3.63, 3.8) is 0 Å². The highest BCUT2D eigenvalue weighted by Gasteiger charge is 2.20. The molecule has 6 heteroatoms. The zero-order valence-corrected chi connectivity index (χ0v) is 13.3. The molecule has 0 saturated heterocycles. The lowest BCUT2D eigenvalue weighted by molar-refractivity contribution is 0.0704.